The molecule has 0 radical (unpaired) electrons. The molecule has 0 unspecified atom stereocenters. The van der Waals surface area contributed by atoms with E-state index in [0.29, 0.717) is 5.02 Å². The van der Waals surface area contributed by atoms with Crippen LogP contribution < -0.4 is 5.32 Å². The third kappa shape index (κ3) is 1.64. The van der Waals surface area contributed by atoms with Crippen LogP contribution in [0.15, 0.2) is 18.2 Å². The van der Waals surface area contributed by atoms with E-state index >= 15 is 0 Å². The molecule has 14 heavy (non-hydrogen) atoms. The van der Waals surface area contributed by atoms with E-state index in [1.165, 1.54) is 6.07 Å². The first kappa shape index (κ1) is 9.94. The topological polar surface area (TPSA) is 12.0 Å². The first-order valence-electron chi connectivity index (χ1n) is 4.78. The Labute approximate surface area is 88.3 Å². The van der Waals surface area contributed by atoms with Crippen molar-refractivity contribution < 1.29 is 4.39 Å². The molecule has 0 amide bonds. The largest absolute Gasteiger partial charge is 0.319 e. The quantitative estimate of drug-likeness (QED) is 0.814. The lowest BCUT2D eigenvalue weighted by atomic mass is 9.95. The number of halogens is 2. The zero-order valence-corrected chi connectivity index (χ0v) is 8.87. The molecule has 1 aromatic carbocycles. The standard InChI is InChI=1S/C11H13ClFN/c1-14-7-11(4-5-11)9-3-2-8(12)6-10(9)13/h2-3,6,14H,4-5,7H2,1H3. The molecular weight excluding hydrogens is 201 g/mol. The zero-order chi connectivity index (χ0) is 10.2. The SMILES string of the molecule is CNCC1(c2ccc(Cl)cc2F)CC1. The average molecular weight is 214 g/mol. The molecule has 0 spiro atoms. The molecule has 76 valence electrons. The molecule has 1 saturated carbocycles. The zero-order valence-electron chi connectivity index (χ0n) is 8.11. The number of hydrogen-bond acceptors (Lipinski definition) is 1. The van der Waals surface area contributed by atoms with E-state index < -0.39 is 0 Å². The predicted molar refractivity (Wildman–Crippen MR) is 56.2 cm³/mol. The number of benzene rings is 1. The van der Waals surface area contributed by atoms with Crippen LogP contribution in [-0.2, 0) is 5.41 Å². The van der Waals surface area contributed by atoms with E-state index in [4.69, 9.17) is 11.6 Å². The van der Waals surface area contributed by atoms with E-state index in [0.717, 1.165) is 24.9 Å². The van der Waals surface area contributed by atoms with E-state index in [2.05, 4.69) is 5.32 Å². The van der Waals surface area contributed by atoms with Gasteiger partial charge in [-0.2, -0.15) is 0 Å². The van der Waals surface area contributed by atoms with Crippen LogP contribution in [-0.4, -0.2) is 13.6 Å². The molecule has 0 aliphatic heterocycles. The van der Waals surface area contributed by atoms with Crippen LogP contribution in [0.25, 0.3) is 0 Å². The summed E-state index contributed by atoms with van der Waals surface area (Å²) in [6.45, 7) is 0.839. The number of hydrogen-bond donors (Lipinski definition) is 1. The van der Waals surface area contributed by atoms with E-state index in [9.17, 15) is 4.39 Å². The number of likely N-dealkylation sites (N-methyl/N-ethyl adjacent to an activating group) is 1. The van der Waals surface area contributed by atoms with Crippen molar-refractivity contribution in [2.24, 2.45) is 0 Å². The van der Waals surface area contributed by atoms with Gasteiger partial charge in [0, 0.05) is 17.0 Å². The summed E-state index contributed by atoms with van der Waals surface area (Å²) in [5.41, 5.74) is 0.833. The summed E-state index contributed by atoms with van der Waals surface area (Å²) in [5, 5.41) is 3.58. The Kier molecular flexibility index (Phi) is 2.50. The van der Waals surface area contributed by atoms with Crippen molar-refractivity contribution in [3.8, 4) is 0 Å². The van der Waals surface area contributed by atoms with Gasteiger partial charge in [-0.1, -0.05) is 17.7 Å². The Morgan fingerprint density at radius 3 is 2.71 bits per heavy atom. The highest BCUT2D eigenvalue weighted by Gasteiger charge is 2.45. The van der Waals surface area contributed by atoms with Gasteiger partial charge in [0.1, 0.15) is 5.82 Å². The van der Waals surface area contributed by atoms with Gasteiger partial charge in [0.2, 0.25) is 0 Å². The van der Waals surface area contributed by atoms with Gasteiger partial charge < -0.3 is 5.32 Å². The summed E-state index contributed by atoms with van der Waals surface area (Å²) in [6, 6.07) is 4.96. The maximum absolute atomic E-state index is 13.6. The van der Waals surface area contributed by atoms with Gasteiger partial charge in [0.25, 0.3) is 0 Å². The number of nitrogens with one attached hydrogen (secondary N) is 1. The van der Waals surface area contributed by atoms with Crippen LogP contribution >= 0.6 is 11.6 Å². The molecule has 1 fully saturated rings. The lowest BCUT2D eigenvalue weighted by Gasteiger charge is -2.15. The minimum absolute atomic E-state index is 0.0312. The van der Waals surface area contributed by atoms with Crippen LogP contribution in [0.3, 0.4) is 0 Å². The summed E-state index contributed by atoms with van der Waals surface area (Å²) in [7, 11) is 1.90. The molecule has 1 aliphatic carbocycles. The van der Waals surface area contributed by atoms with Crippen LogP contribution in [0, 0.1) is 5.82 Å². The Morgan fingerprint density at radius 2 is 2.21 bits per heavy atom. The van der Waals surface area contributed by atoms with Gasteiger partial charge in [-0.15, -0.1) is 0 Å². The summed E-state index contributed by atoms with van der Waals surface area (Å²) in [4.78, 5) is 0. The van der Waals surface area contributed by atoms with Crippen molar-refractivity contribution in [2.45, 2.75) is 18.3 Å². The fourth-order valence-corrected chi connectivity index (χ4v) is 2.11. The first-order chi connectivity index (χ1) is 6.68. The van der Waals surface area contributed by atoms with Gasteiger partial charge >= 0.3 is 0 Å². The summed E-state index contributed by atoms with van der Waals surface area (Å²) in [5.74, 6) is -0.176. The van der Waals surface area contributed by atoms with Crippen LogP contribution in [0.1, 0.15) is 18.4 Å². The van der Waals surface area contributed by atoms with Crippen molar-refractivity contribution in [1.82, 2.24) is 5.32 Å². The summed E-state index contributed by atoms with van der Waals surface area (Å²) < 4.78 is 13.6. The molecule has 2 rings (SSSR count). The molecule has 0 saturated heterocycles. The third-order valence-electron chi connectivity index (χ3n) is 2.87. The second-order valence-electron chi connectivity index (χ2n) is 3.93. The Morgan fingerprint density at radius 1 is 1.50 bits per heavy atom. The minimum atomic E-state index is -0.176. The molecule has 0 bridgehead atoms. The normalized spacial score (nSPS) is 18.2. The van der Waals surface area contributed by atoms with Crippen molar-refractivity contribution in [3.05, 3.63) is 34.6 Å². The van der Waals surface area contributed by atoms with Crippen LogP contribution in [0.5, 0.6) is 0 Å². The van der Waals surface area contributed by atoms with Gasteiger partial charge in [0.15, 0.2) is 0 Å². The van der Waals surface area contributed by atoms with Crippen molar-refractivity contribution in [1.29, 1.82) is 0 Å². The molecule has 1 N–H and O–H groups in total. The van der Waals surface area contributed by atoms with Gasteiger partial charge in [-0.25, -0.2) is 4.39 Å². The van der Waals surface area contributed by atoms with Gasteiger partial charge in [0.05, 0.1) is 0 Å². The van der Waals surface area contributed by atoms with Crippen molar-refractivity contribution >= 4 is 11.6 Å². The summed E-state index contributed by atoms with van der Waals surface area (Å²) >= 11 is 5.71. The van der Waals surface area contributed by atoms with E-state index in [-0.39, 0.29) is 11.2 Å². The molecule has 1 nitrogen and oxygen atoms in total. The highest BCUT2D eigenvalue weighted by atomic mass is 35.5. The fourth-order valence-electron chi connectivity index (χ4n) is 1.95. The Hall–Kier alpha value is -0.600. The lowest BCUT2D eigenvalue weighted by molar-refractivity contribution is 0.552. The maximum Gasteiger partial charge on any atom is 0.128 e. The highest BCUT2D eigenvalue weighted by Crippen LogP contribution is 2.48. The van der Waals surface area contributed by atoms with E-state index in [1.807, 2.05) is 13.1 Å². The van der Waals surface area contributed by atoms with Crippen LogP contribution in [0.2, 0.25) is 5.02 Å². The minimum Gasteiger partial charge on any atom is -0.319 e. The van der Waals surface area contributed by atoms with E-state index in [1.54, 1.807) is 6.07 Å². The molecule has 0 aromatic heterocycles. The van der Waals surface area contributed by atoms with Crippen molar-refractivity contribution in [2.75, 3.05) is 13.6 Å². The monoisotopic (exact) mass is 213 g/mol. The molecule has 1 aliphatic rings. The molecule has 1 aromatic rings. The predicted octanol–water partition coefficient (Wildman–Crippen LogP) is 2.73. The smallest absolute Gasteiger partial charge is 0.128 e. The van der Waals surface area contributed by atoms with Gasteiger partial charge in [-0.05, 0) is 37.6 Å². The molecule has 3 heteroatoms. The first-order valence-corrected chi connectivity index (χ1v) is 5.16. The highest BCUT2D eigenvalue weighted by molar-refractivity contribution is 6.30. The number of rotatable bonds is 3. The second kappa shape index (κ2) is 3.52. The lowest BCUT2D eigenvalue weighted by Crippen LogP contribution is -2.24. The third-order valence-corrected chi connectivity index (χ3v) is 3.11. The molecule has 0 atom stereocenters. The molecule has 0 heterocycles. The van der Waals surface area contributed by atoms with Crippen molar-refractivity contribution in [3.63, 3.8) is 0 Å². The molecular formula is C11H13ClFN. The average Bonchev–Trinajstić information content (AvgIpc) is 2.86. The Balaban J connectivity index is 2.32. The maximum atomic E-state index is 13.6. The summed E-state index contributed by atoms with van der Waals surface area (Å²) in [6.07, 6.45) is 2.12. The van der Waals surface area contributed by atoms with Gasteiger partial charge in [-0.3, -0.25) is 0 Å². The second-order valence-corrected chi connectivity index (χ2v) is 4.37. The Bertz CT molecular complexity index is 347. The van der Waals surface area contributed by atoms with Crippen LogP contribution in [0.4, 0.5) is 4.39 Å². The fraction of sp³-hybridized carbons (Fsp3) is 0.455.